The van der Waals surface area contributed by atoms with Crippen LogP contribution in [0.1, 0.15) is 18.5 Å². The zero-order valence-electron chi connectivity index (χ0n) is 11.6. The van der Waals surface area contributed by atoms with Crippen molar-refractivity contribution in [2.24, 2.45) is 0 Å². The molecule has 1 unspecified atom stereocenters. The minimum atomic E-state index is -3.13. The second-order valence-electron chi connectivity index (χ2n) is 4.36. The third-order valence-corrected chi connectivity index (χ3v) is 3.35. The van der Waals surface area contributed by atoms with Gasteiger partial charge in [0.2, 0.25) is 10.0 Å². The van der Waals surface area contributed by atoms with Gasteiger partial charge in [-0.05, 0) is 24.6 Å². The third-order valence-electron chi connectivity index (χ3n) is 2.62. The number of hydrogen-bond acceptors (Lipinski definition) is 5. The lowest BCUT2D eigenvalue weighted by Crippen LogP contribution is -2.32. The van der Waals surface area contributed by atoms with Crippen molar-refractivity contribution in [3.05, 3.63) is 29.8 Å². The highest BCUT2D eigenvalue weighted by atomic mass is 32.2. The molecule has 1 aromatic carbocycles. The molecule has 1 atom stereocenters. The Bertz CT molecular complexity index is 549. The van der Waals surface area contributed by atoms with Crippen LogP contribution in [0.5, 0.6) is 5.75 Å². The van der Waals surface area contributed by atoms with Crippen molar-refractivity contribution in [1.29, 1.82) is 5.26 Å². The van der Waals surface area contributed by atoms with Crippen molar-refractivity contribution >= 4 is 10.0 Å². The number of sulfonamides is 1. The number of benzene rings is 1. The molecule has 0 amide bonds. The van der Waals surface area contributed by atoms with E-state index in [9.17, 15) is 8.42 Å². The van der Waals surface area contributed by atoms with Crippen molar-refractivity contribution in [3.8, 4) is 11.8 Å². The van der Waals surface area contributed by atoms with Gasteiger partial charge in [-0.2, -0.15) is 5.26 Å². The molecular formula is C13H19N3O3S. The fourth-order valence-electron chi connectivity index (χ4n) is 1.61. The molecule has 2 N–H and O–H groups in total. The molecule has 20 heavy (non-hydrogen) atoms. The van der Waals surface area contributed by atoms with Gasteiger partial charge in [0.15, 0.2) is 6.61 Å². The normalized spacial score (nSPS) is 12.7. The first-order valence-corrected chi connectivity index (χ1v) is 8.09. The first-order chi connectivity index (χ1) is 9.42. The molecule has 0 saturated heterocycles. The van der Waals surface area contributed by atoms with E-state index in [1.54, 1.807) is 12.1 Å². The fourth-order valence-corrected chi connectivity index (χ4v) is 2.08. The van der Waals surface area contributed by atoms with Crippen LogP contribution in [0.25, 0.3) is 0 Å². The van der Waals surface area contributed by atoms with E-state index in [1.165, 1.54) is 0 Å². The molecule has 0 radical (unpaired) electrons. The van der Waals surface area contributed by atoms with E-state index in [-0.39, 0.29) is 12.6 Å². The largest absolute Gasteiger partial charge is 0.479 e. The van der Waals surface area contributed by atoms with E-state index in [0.717, 1.165) is 11.8 Å². The van der Waals surface area contributed by atoms with Crippen molar-refractivity contribution in [1.82, 2.24) is 10.0 Å². The van der Waals surface area contributed by atoms with E-state index in [0.29, 0.717) is 18.8 Å². The standard InChI is InChI=1S/C13H19N3O3S/c1-11(15-8-9-16-20(2,17)18)12-3-5-13(6-4-12)19-10-7-14/h3-6,11,15-16H,8-10H2,1-2H3. The Kier molecular flexibility index (Phi) is 6.45. The first-order valence-electron chi connectivity index (χ1n) is 6.20. The highest BCUT2D eigenvalue weighted by Gasteiger charge is 2.05. The van der Waals surface area contributed by atoms with Gasteiger partial charge in [0.1, 0.15) is 11.8 Å². The van der Waals surface area contributed by atoms with Crippen LogP contribution in [0.3, 0.4) is 0 Å². The molecule has 0 aliphatic rings. The summed E-state index contributed by atoms with van der Waals surface area (Å²) in [5.74, 6) is 0.654. The Hall–Kier alpha value is -1.62. The molecule has 110 valence electrons. The molecule has 1 rings (SSSR count). The summed E-state index contributed by atoms with van der Waals surface area (Å²) >= 11 is 0. The van der Waals surface area contributed by atoms with Gasteiger partial charge >= 0.3 is 0 Å². The Labute approximate surface area is 119 Å². The Balaban J connectivity index is 2.40. The van der Waals surface area contributed by atoms with Gasteiger partial charge in [0.05, 0.1) is 6.26 Å². The maximum Gasteiger partial charge on any atom is 0.208 e. The predicted octanol–water partition coefficient (Wildman–Crippen LogP) is 0.789. The van der Waals surface area contributed by atoms with Gasteiger partial charge in [-0.25, -0.2) is 13.1 Å². The summed E-state index contributed by atoms with van der Waals surface area (Å²) in [5.41, 5.74) is 1.06. The van der Waals surface area contributed by atoms with E-state index >= 15 is 0 Å². The van der Waals surface area contributed by atoms with Crippen molar-refractivity contribution < 1.29 is 13.2 Å². The lowest BCUT2D eigenvalue weighted by molar-refractivity contribution is 0.368. The monoisotopic (exact) mass is 297 g/mol. The Morgan fingerprint density at radius 2 is 1.95 bits per heavy atom. The summed E-state index contributed by atoms with van der Waals surface area (Å²) in [5, 5.41) is 11.6. The molecular weight excluding hydrogens is 278 g/mol. The Morgan fingerprint density at radius 1 is 1.30 bits per heavy atom. The molecule has 0 bridgehead atoms. The molecule has 0 aliphatic carbocycles. The maximum atomic E-state index is 10.9. The van der Waals surface area contributed by atoms with Crippen LogP contribution >= 0.6 is 0 Å². The summed E-state index contributed by atoms with van der Waals surface area (Å²) in [6.07, 6.45) is 1.14. The van der Waals surface area contributed by atoms with Gasteiger partial charge in [0, 0.05) is 19.1 Å². The van der Waals surface area contributed by atoms with E-state index < -0.39 is 10.0 Å². The molecule has 0 saturated carbocycles. The van der Waals surface area contributed by atoms with Crippen LogP contribution < -0.4 is 14.8 Å². The second-order valence-corrected chi connectivity index (χ2v) is 6.19. The highest BCUT2D eigenvalue weighted by Crippen LogP contribution is 2.17. The van der Waals surface area contributed by atoms with Gasteiger partial charge in [-0.15, -0.1) is 0 Å². The first kappa shape index (κ1) is 16.4. The number of hydrogen-bond donors (Lipinski definition) is 2. The quantitative estimate of drug-likeness (QED) is 0.692. The molecule has 0 heterocycles. The summed E-state index contributed by atoms with van der Waals surface area (Å²) in [4.78, 5) is 0. The molecule has 0 aliphatic heterocycles. The molecule has 0 fully saturated rings. The second kappa shape index (κ2) is 7.85. The van der Waals surface area contributed by atoms with Gasteiger partial charge in [-0.1, -0.05) is 12.1 Å². The van der Waals surface area contributed by atoms with Crippen LogP contribution in [-0.4, -0.2) is 34.4 Å². The van der Waals surface area contributed by atoms with E-state index in [2.05, 4.69) is 10.0 Å². The average molecular weight is 297 g/mol. The summed E-state index contributed by atoms with van der Waals surface area (Å²) in [6, 6.07) is 9.44. The molecule has 1 aromatic rings. The number of nitriles is 1. The van der Waals surface area contributed by atoms with Crippen LogP contribution in [0.2, 0.25) is 0 Å². The summed E-state index contributed by atoms with van der Waals surface area (Å²) in [6.45, 7) is 2.92. The minimum absolute atomic E-state index is 0.0321. The smallest absolute Gasteiger partial charge is 0.208 e. The van der Waals surface area contributed by atoms with Gasteiger partial charge < -0.3 is 10.1 Å². The minimum Gasteiger partial charge on any atom is -0.479 e. The molecule has 7 heteroatoms. The van der Waals surface area contributed by atoms with E-state index in [4.69, 9.17) is 10.00 Å². The predicted molar refractivity (Wildman–Crippen MR) is 76.8 cm³/mol. The zero-order chi connectivity index (χ0) is 15.0. The SMILES string of the molecule is CC(NCCNS(C)(=O)=O)c1ccc(OCC#N)cc1. The third kappa shape index (κ3) is 6.52. The fraction of sp³-hybridized carbons (Fsp3) is 0.462. The highest BCUT2D eigenvalue weighted by molar-refractivity contribution is 7.88. The van der Waals surface area contributed by atoms with Crippen LogP contribution in [0.4, 0.5) is 0 Å². The summed E-state index contributed by atoms with van der Waals surface area (Å²) in [7, 11) is -3.13. The Morgan fingerprint density at radius 3 is 2.50 bits per heavy atom. The maximum absolute atomic E-state index is 10.9. The van der Waals surface area contributed by atoms with Crippen LogP contribution in [0, 0.1) is 11.3 Å². The number of nitrogens with zero attached hydrogens (tertiary/aromatic N) is 1. The van der Waals surface area contributed by atoms with Crippen LogP contribution in [-0.2, 0) is 10.0 Å². The van der Waals surface area contributed by atoms with Gasteiger partial charge in [-0.3, -0.25) is 0 Å². The van der Waals surface area contributed by atoms with Gasteiger partial charge in [0.25, 0.3) is 0 Å². The van der Waals surface area contributed by atoms with Crippen LogP contribution in [0.15, 0.2) is 24.3 Å². The number of nitrogens with one attached hydrogen (secondary N) is 2. The lowest BCUT2D eigenvalue weighted by atomic mass is 10.1. The van der Waals surface area contributed by atoms with Crippen molar-refractivity contribution in [2.45, 2.75) is 13.0 Å². The molecule has 0 aromatic heterocycles. The lowest BCUT2D eigenvalue weighted by Gasteiger charge is -2.14. The molecule has 0 spiro atoms. The number of rotatable bonds is 8. The topological polar surface area (TPSA) is 91.2 Å². The summed E-state index contributed by atoms with van der Waals surface area (Å²) < 4.78 is 29.4. The van der Waals surface area contributed by atoms with Crippen molar-refractivity contribution in [2.75, 3.05) is 26.0 Å². The zero-order valence-corrected chi connectivity index (χ0v) is 12.4. The van der Waals surface area contributed by atoms with Crippen molar-refractivity contribution in [3.63, 3.8) is 0 Å². The number of ether oxygens (including phenoxy) is 1. The average Bonchev–Trinajstić information content (AvgIpc) is 2.40. The molecule has 6 nitrogen and oxygen atoms in total. The van der Waals surface area contributed by atoms with E-state index in [1.807, 2.05) is 25.1 Å².